The molecule has 0 spiro atoms. The van der Waals surface area contributed by atoms with Gasteiger partial charge in [0.25, 0.3) is 5.56 Å². The highest BCUT2D eigenvalue weighted by Crippen LogP contribution is 2.34. The molecular formula is C19H21BrFIN4O. The van der Waals surface area contributed by atoms with Crippen molar-refractivity contribution in [3.05, 3.63) is 55.9 Å². The van der Waals surface area contributed by atoms with E-state index in [1.165, 1.54) is 6.07 Å². The van der Waals surface area contributed by atoms with Crippen molar-refractivity contribution >= 4 is 50.6 Å². The van der Waals surface area contributed by atoms with Crippen LogP contribution in [0.15, 0.2) is 33.3 Å². The lowest BCUT2D eigenvalue weighted by Crippen LogP contribution is -2.34. The van der Waals surface area contributed by atoms with Crippen molar-refractivity contribution in [3.63, 3.8) is 0 Å². The normalized spacial score (nSPS) is 13.3. The average molecular weight is 547 g/mol. The SMILES string of the molecule is CCn1c2c(cc(-c3cc(NI)c(F)cc3Br)c1=O)CN(C)C(N(C)C)=C2. The lowest BCUT2D eigenvalue weighted by Gasteiger charge is -2.33. The van der Waals surface area contributed by atoms with Gasteiger partial charge in [-0.1, -0.05) is 15.9 Å². The van der Waals surface area contributed by atoms with Gasteiger partial charge in [0.15, 0.2) is 0 Å². The summed E-state index contributed by atoms with van der Waals surface area (Å²) in [4.78, 5) is 17.4. The van der Waals surface area contributed by atoms with Crippen LogP contribution in [0.1, 0.15) is 18.2 Å². The molecule has 8 heteroatoms. The second-order valence-corrected chi connectivity index (χ2v) is 8.07. The van der Waals surface area contributed by atoms with Crippen molar-refractivity contribution in [3.8, 4) is 11.1 Å². The Morgan fingerprint density at radius 2 is 2.00 bits per heavy atom. The number of anilines is 1. The Morgan fingerprint density at radius 1 is 1.30 bits per heavy atom. The number of halogens is 3. The summed E-state index contributed by atoms with van der Waals surface area (Å²) >= 11 is 5.30. The minimum Gasteiger partial charge on any atom is -0.364 e. The maximum atomic E-state index is 14.0. The molecule has 2 heterocycles. The summed E-state index contributed by atoms with van der Waals surface area (Å²) in [6.45, 7) is 3.22. The van der Waals surface area contributed by atoms with E-state index in [9.17, 15) is 9.18 Å². The predicted molar refractivity (Wildman–Crippen MR) is 120 cm³/mol. The van der Waals surface area contributed by atoms with Crippen molar-refractivity contribution in [1.29, 1.82) is 0 Å². The molecule has 0 radical (unpaired) electrons. The van der Waals surface area contributed by atoms with Crippen LogP contribution in [0.25, 0.3) is 17.2 Å². The lowest BCUT2D eigenvalue weighted by atomic mass is 10.0. The molecule has 0 amide bonds. The Hall–Kier alpha value is -1.55. The molecule has 0 aliphatic carbocycles. The number of aromatic nitrogens is 1. The Labute approximate surface area is 180 Å². The van der Waals surface area contributed by atoms with Gasteiger partial charge < -0.3 is 17.9 Å². The minimum absolute atomic E-state index is 0.0816. The van der Waals surface area contributed by atoms with Crippen molar-refractivity contribution in [1.82, 2.24) is 14.4 Å². The fraction of sp³-hybridized carbons (Fsp3) is 0.316. The highest BCUT2D eigenvalue weighted by atomic mass is 127. The average Bonchev–Trinajstić information content (AvgIpc) is 2.61. The van der Waals surface area contributed by atoms with Gasteiger partial charge in [-0.2, -0.15) is 0 Å². The van der Waals surface area contributed by atoms with Crippen LogP contribution in [-0.4, -0.2) is 35.5 Å². The Kier molecular flexibility index (Phi) is 5.85. The van der Waals surface area contributed by atoms with E-state index in [0.29, 0.717) is 34.4 Å². The van der Waals surface area contributed by atoms with E-state index in [2.05, 4.69) is 24.4 Å². The van der Waals surface area contributed by atoms with Gasteiger partial charge in [-0.05, 0) is 30.7 Å². The van der Waals surface area contributed by atoms with Crippen molar-refractivity contribution < 1.29 is 4.39 Å². The van der Waals surface area contributed by atoms with Gasteiger partial charge >= 0.3 is 0 Å². The zero-order chi connectivity index (χ0) is 19.9. The van der Waals surface area contributed by atoms with E-state index in [0.717, 1.165) is 17.1 Å². The first-order chi connectivity index (χ1) is 12.8. The third-order valence-electron chi connectivity index (χ3n) is 4.70. The smallest absolute Gasteiger partial charge is 0.258 e. The molecule has 0 unspecified atom stereocenters. The maximum Gasteiger partial charge on any atom is 0.258 e. The quantitative estimate of drug-likeness (QED) is 0.453. The van der Waals surface area contributed by atoms with Crippen LogP contribution in [0.2, 0.25) is 0 Å². The summed E-state index contributed by atoms with van der Waals surface area (Å²) in [7, 11) is 6.01. The van der Waals surface area contributed by atoms with Crippen LogP contribution in [-0.2, 0) is 13.1 Å². The van der Waals surface area contributed by atoms with Crippen LogP contribution < -0.4 is 9.09 Å². The largest absolute Gasteiger partial charge is 0.364 e. The maximum absolute atomic E-state index is 14.0. The molecule has 0 bridgehead atoms. The summed E-state index contributed by atoms with van der Waals surface area (Å²) in [5, 5.41) is 0. The van der Waals surface area contributed by atoms with Gasteiger partial charge in [0.2, 0.25) is 0 Å². The van der Waals surface area contributed by atoms with Crippen LogP contribution >= 0.6 is 38.8 Å². The molecule has 3 rings (SSSR count). The number of rotatable bonds is 4. The molecule has 0 fully saturated rings. The predicted octanol–water partition coefficient (Wildman–Crippen LogP) is 4.50. The Balaban J connectivity index is 2.28. The zero-order valence-corrected chi connectivity index (χ0v) is 19.4. The molecule has 5 nitrogen and oxygen atoms in total. The first-order valence-electron chi connectivity index (χ1n) is 8.51. The van der Waals surface area contributed by atoms with Crippen LogP contribution in [0.3, 0.4) is 0 Å². The Bertz CT molecular complexity index is 987. The highest BCUT2D eigenvalue weighted by Gasteiger charge is 2.23. The standard InChI is InChI=1S/C19H21BrFIN4O/c1-5-26-17-9-18(24(2)3)25(4)10-11(17)6-13(19(26)27)12-7-16(23-22)15(21)8-14(12)20/h6-9,23H,5,10H2,1-4H3. The first-order valence-corrected chi connectivity index (χ1v) is 10.4. The van der Waals surface area contributed by atoms with Crippen molar-refractivity contribution in [2.24, 2.45) is 0 Å². The van der Waals surface area contributed by atoms with Crippen molar-refractivity contribution in [2.45, 2.75) is 20.0 Å². The van der Waals surface area contributed by atoms with Crippen LogP contribution in [0.4, 0.5) is 10.1 Å². The number of pyridine rings is 1. The molecule has 27 heavy (non-hydrogen) atoms. The summed E-state index contributed by atoms with van der Waals surface area (Å²) in [5.74, 6) is 0.684. The Morgan fingerprint density at radius 3 is 2.59 bits per heavy atom. The summed E-state index contributed by atoms with van der Waals surface area (Å²) in [6.07, 6.45) is 2.05. The van der Waals surface area contributed by atoms with Gasteiger partial charge in [0.05, 0.1) is 34.2 Å². The van der Waals surface area contributed by atoms with Gasteiger partial charge in [0, 0.05) is 55.9 Å². The van der Waals surface area contributed by atoms with E-state index in [4.69, 9.17) is 0 Å². The third-order valence-corrected chi connectivity index (χ3v) is 5.94. The molecule has 1 N–H and O–H groups in total. The molecule has 0 atom stereocenters. The molecule has 0 saturated heterocycles. The molecule has 0 saturated carbocycles. The highest BCUT2D eigenvalue weighted by molar-refractivity contribution is 14.1. The second-order valence-electron chi connectivity index (χ2n) is 6.68. The fourth-order valence-electron chi connectivity index (χ4n) is 3.41. The zero-order valence-electron chi connectivity index (χ0n) is 15.6. The number of hydrogen-bond acceptors (Lipinski definition) is 4. The van der Waals surface area contributed by atoms with Gasteiger partial charge in [-0.3, -0.25) is 4.79 Å². The number of benzene rings is 1. The summed E-state index contributed by atoms with van der Waals surface area (Å²) in [5.41, 5.74) is 3.50. The molecule has 1 aromatic carbocycles. The molecular weight excluding hydrogens is 526 g/mol. The molecule has 144 valence electrons. The van der Waals surface area contributed by atoms with Crippen LogP contribution in [0, 0.1) is 5.82 Å². The first kappa shape index (κ1) is 20.2. The van der Waals surface area contributed by atoms with Crippen molar-refractivity contribution in [2.75, 3.05) is 24.7 Å². The monoisotopic (exact) mass is 546 g/mol. The fourth-order valence-corrected chi connectivity index (χ4v) is 4.35. The van der Waals surface area contributed by atoms with Crippen LogP contribution in [0.5, 0.6) is 0 Å². The van der Waals surface area contributed by atoms with Gasteiger partial charge in [0.1, 0.15) is 11.6 Å². The number of fused-ring (bicyclic) bond motifs is 1. The topological polar surface area (TPSA) is 40.5 Å². The third kappa shape index (κ3) is 3.61. The van der Waals surface area contributed by atoms with E-state index >= 15 is 0 Å². The number of nitrogens with zero attached hydrogens (tertiary/aromatic N) is 3. The van der Waals surface area contributed by atoms with E-state index < -0.39 is 0 Å². The van der Waals surface area contributed by atoms with E-state index in [-0.39, 0.29) is 11.4 Å². The minimum atomic E-state index is -0.368. The molecule has 2 aromatic rings. The number of hydrogen-bond donors (Lipinski definition) is 1. The van der Waals surface area contributed by atoms with E-state index in [1.807, 2.05) is 68.0 Å². The second kappa shape index (κ2) is 7.83. The molecule has 1 aromatic heterocycles. The molecule has 1 aliphatic heterocycles. The molecule has 1 aliphatic rings. The van der Waals surface area contributed by atoms with E-state index in [1.54, 1.807) is 10.6 Å². The van der Waals surface area contributed by atoms with Gasteiger partial charge in [-0.25, -0.2) is 4.39 Å². The van der Waals surface area contributed by atoms with Gasteiger partial charge in [-0.15, -0.1) is 0 Å². The number of nitrogens with one attached hydrogen (secondary N) is 1. The summed E-state index contributed by atoms with van der Waals surface area (Å²) in [6, 6.07) is 4.99. The lowest BCUT2D eigenvalue weighted by molar-refractivity contribution is 0.292. The summed E-state index contributed by atoms with van der Waals surface area (Å²) < 4.78 is 19.2.